The summed E-state index contributed by atoms with van der Waals surface area (Å²) in [6, 6.07) is 7.42. The number of hydrogen-bond donors (Lipinski definition) is 1. The fourth-order valence-electron chi connectivity index (χ4n) is 4.24. The molecule has 9 nitrogen and oxygen atoms in total. The van der Waals surface area contributed by atoms with E-state index in [1.807, 2.05) is 39.0 Å². The summed E-state index contributed by atoms with van der Waals surface area (Å²) in [7, 11) is 4.17. The lowest BCUT2D eigenvalue weighted by Crippen LogP contribution is -2.33. The van der Waals surface area contributed by atoms with Crippen LogP contribution >= 0.6 is 0 Å². The Morgan fingerprint density at radius 1 is 1.22 bits per heavy atom. The quantitative estimate of drug-likeness (QED) is 0.607. The molecule has 1 aliphatic rings. The van der Waals surface area contributed by atoms with Crippen LogP contribution in [-0.2, 0) is 4.79 Å². The Labute approximate surface area is 188 Å². The van der Waals surface area contributed by atoms with Crippen LogP contribution in [-0.4, -0.2) is 75.7 Å². The summed E-state index contributed by atoms with van der Waals surface area (Å²) in [4.78, 5) is 26.4. The molecule has 1 N–H and O–H groups in total. The summed E-state index contributed by atoms with van der Waals surface area (Å²) >= 11 is 0. The Morgan fingerprint density at radius 2 is 2.03 bits per heavy atom. The molecule has 1 fully saturated rings. The van der Waals surface area contributed by atoms with Gasteiger partial charge in [-0.3, -0.25) is 9.69 Å². The molecule has 3 aromatic heterocycles. The summed E-state index contributed by atoms with van der Waals surface area (Å²) in [5, 5.41) is 7.48. The highest BCUT2D eigenvalue weighted by atomic mass is 16.3. The lowest BCUT2D eigenvalue weighted by molar-refractivity contribution is -0.117. The van der Waals surface area contributed by atoms with Crippen molar-refractivity contribution in [2.45, 2.75) is 27.2 Å². The second-order valence-corrected chi connectivity index (χ2v) is 8.88. The van der Waals surface area contributed by atoms with Gasteiger partial charge < -0.3 is 14.6 Å². The average Bonchev–Trinajstić information content (AvgIpc) is 3.41. The Kier molecular flexibility index (Phi) is 6.38. The molecule has 9 heteroatoms. The molecule has 4 rings (SSSR count). The minimum Gasteiger partial charge on any atom is -0.458 e. The van der Waals surface area contributed by atoms with Gasteiger partial charge in [-0.15, -0.1) is 0 Å². The molecule has 0 bridgehead atoms. The fourth-order valence-corrected chi connectivity index (χ4v) is 4.24. The number of hydrogen-bond acceptors (Lipinski definition) is 7. The monoisotopic (exact) mass is 437 g/mol. The Bertz CT molecular complexity index is 1100. The zero-order valence-corrected chi connectivity index (χ0v) is 19.4. The third-order valence-corrected chi connectivity index (χ3v) is 5.53. The molecule has 3 aromatic rings. The molecular weight excluding hydrogens is 406 g/mol. The number of carbonyl (C=O) groups excluding carboxylic acids is 1. The average molecular weight is 438 g/mol. The number of likely N-dealkylation sites (tertiary alicyclic amines) is 1. The van der Waals surface area contributed by atoms with Crippen molar-refractivity contribution < 1.29 is 9.21 Å². The first-order valence-corrected chi connectivity index (χ1v) is 10.9. The van der Waals surface area contributed by atoms with Crippen molar-refractivity contribution in [2.75, 3.05) is 45.6 Å². The molecule has 0 radical (unpaired) electrons. The SMILES string of the molecule is Cc1cc(C)n(-c2cc(NC(=O)CN3CCC(CN(C)C)C3)nc(-c3ccc(C)o3)n2)n1. The molecule has 1 atom stereocenters. The third kappa shape index (κ3) is 5.23. The molecule has 32 heavy (non-hydrogen) atoms. The zero-order valence-electron chi connectivity index (χ0n) is 19.4. The summed E-state index contributed by atoms with van der Waals surface area (Å²) in [5.41, 5.74) is 1.84. The van der Waals surface area contributed by atoms with E-state index in [1.165, 1.54) is 0 Å². The van der Waals surface area contributed by atoms with E-state index in [-0.39, 0.29) is 5.91 Å². The number of nitrogens with one attached hydrogen (secondary N) is 1. The topological polar surface area (TPSA) is 92.3 Å². The predicted molar refractivity (Wildman–Crippen MR) is 123 cm³/mol. The van der Waals surface area contributed by atoms with Gasteiger partial charge in [0.1, 0.15) is 11.6 Å². The van der Waals surface area contributed by atoms with E-state index in [0.29, 0.717) is 35.7 Å². The van der Waals surface area contributed by atoms with Crippen LogP contribution in [0.25, 0.3) is 17.4 Å². The van der Waals surface area contributed by atoms with Gasteiger partial charge in [-0.05, 0) is 71.9 Å². The van der Waals surface area contributed by atoms with Gasteiger partial charge in [-0.1, -0.05) is 0 Å². The van der Waals surface area contributed by atoms with Gasteiger partial charge in [-0.2, -0.15) is 5.10 Å². The number of amides is 1. The lowest BCUT2D eigenvalue weighted by Gasteiger charge is -2.18. The van der Waals surface area contributed by atoms with Gasteiger partial charge in [0.25, 0.3) is 0 Å². The first kappa shape index (κ1) is 22.2. The van der Waals surface area contributed by atoms with Crippen LogP contribution in [0, 0.1) is 26.7 Å². The highest BCUT2D eigenvalue weighted by Crippen LogP contribution is 2.23. The summed E-state index contributed by atoms with van der Waals surface area (Å²) in [6.07, 6.45) is 1.11. The number of nitrogens with zero attached hydrogens (tertiary/aromatic N) is 6. The molecule has 0 aromatic carbocycles. The number of rotatable bonds is 7. The fraction of sp³-hybridized carbons (Fsp3) is 0.478. The molecule has 1 saturated heterocycles. The van der Waals surface area contributed by atoms with Gasteiger partial charge in [0.15, 0.2) is 17.4 Å². The summed E-state index contributed by atoms with van der Waals surface area (Å²) in [5.74, 6) is 3.25. The smallest absolute Gasteiger partial charge is 0.239 e. The van der Waals surface area contributed by atoms with Crippen LogP contribution < -0.4 is 5.32 Å². The van der Waals surface area contributed by atoms with Gasteiger partial charge in [0.2, 0.25) is 5.91 Å². The van der Waals surface area contributed by atoms with E-state index in [2.05, 4.69) is 44.3 Å². The Morgan fingerprint density at radius 3 is 2.69 bits per heavy atom. The molecule has 1 unspecified atom stereocenters. The Hall–Kier alpha value is -3.04. The van der Waals surface area contributed by atoms with Crippen molar-refractivity contribution in [3.8, 4) is 17.4 Å². The van der Waals surface area contributed by atoms with E-state index < -0.39 is 0 Å². The van der Waals surface area contributed by atoms with E-state index >= 15 is 0 Å². The van der Waals surface area contributed by atoms with Crippen LogP contribution in [0.2, 0.25) is 0 Å². The minimum absolute atomic E-state index is 0.0879. The molecule has 0 spiro atoms. The van der Waals surface area contributed by atoms with Crippen molar-refractivity contribution in [1.82, 2.24) is 29.5 Å². The maximum atomic E-state index is 12.8. The second kappa shape index (κ2) is 9.22. The van der Waals surface area contributed by atoms with Crippen LogP contribution in [0.15, 0.2) is 28.7 Å². The normalized spacial score (nSPS) is 16.8. The largest absolute Gasteiger partial charge is 0.458 e. The van der Waals surface area contributed by atoms with Crippen LogP contribution in [0.1, 0.15) is 23.6 Å². The van der Waals surface area contributed by atoms with Crippen molar-refractivity contribution in [3.05, 3.63) is 41.4 Å². The Balaban J connectivity index is 1.54. The molecule has 1 aliphatic heterocycles. The molecule has 1 amide bonds. The maximum Gasteiger partial charge on any atom is 0.239 e. The summed E-state index contributed by atoms with van der Waals surface area (Å²) in [6.45, 7) is 9.03. The van der Waals surface area contributed by atoms with E-state index in [1.54, 1.807) is 10.7 Å². The highest BCUT2D eigenvalue weighted by molar-refractivity contribution is 5.91. The van der Waals surface area contributed by atoms with Crippen LogP contribution in [0.5, 0.6) is 0 Å². The summed E-state index contributed by atoms with van der Waals surface area (Å²) < 4.78 is 7.48. The highest BCUT2D eigenvalue weighted by Gasteiger charge is 2.24. The molecular formula is C23H31N7O2. The number of carbonyl (C=O) groups is 1. The maximum absolute atomic E-state index is 12.8. The second-order valence-electron chi connectivity index (χ2n) is 8.88. The van der Waals surface area contributed by atoms with Gasteiger partial charge in [0, 0.05) is 24.8 Å². The number of aryl methyl sites for hydroxylation is 3. The molecule has 4 heterocycles. The number of anilines is 1. The number of furan rings is 1. The van der Waals surface area contributed by atoms with Gasteiger partial charge in [0.05, 0.1) is 12.2 Å². The van der Waals surface area contributed by atoms with Crippen molar-refractivity contribution in [3.63, 3.8) is 0 Å². The zero-order chi connectivity index (χ0) is 22.8. The van der Waals surface area contributed by atoms with E-state index in [0.717, 1.165) is 43.2 Å². The van der Waals surface area contributed by atoms with Gasteiger partial charge >= 0.3 is 0 Å². The van der Waals surface area contributed by atoms with Crippen molar-refractivity contribution in [2.24, 2.45) is 5.92 Å². The number of aromatic nitrogens is 4. The lowest BCUT2D eigenvalue weighted by atomic mass is 10.1. The molecule has 0 saturated carbocycles. The predicted octanol–water partition coefficient (Wildman–Crippen LogP) is 2.67. The van der Waals surface area contributed by atoms with Gasteiger partial charge in [-0.25, -0.2) is 14.6 Å². The molecule has 0 aliphatic carbocycles. The first-order valence-electron chi connectivity index (χ1n) is 10.9. The first-order chi connectivity index (χ1) is 15.3. The standard InChI is InChI=1S/C23H31N7O2/c1-15-10-16(2)30(27-15)21-11-20(25-23(26-21)19-7-6-17(3)32-19)24-22(31)14-29-9-8-18(13-29)12-28(4)5/h6-7,10-11,18H,8-9,12-14H2,1-5H3,(H,24,25,26,31). The van der Waals surface area contributed by atoms with Crippen molar-refractivity contribution in [1.29, 1.82) is 0 Å². The van der Waals surface area contributed by atoms with Crippen LogP contribution in [0.4, 0.5) is 5.82 Å². The van der Waals surface area contributed by atoms with E-state index in [4.69, 9.17) is 4.42 Å². The van der Waals surface area contributed by atoms with E-state index in [9.17, 15) is 4.79 Å². The third-order valence-electron chi connectivity index (χ3n) is 5.53. The minimum atomic E-state index is -0.0879. The van der Waals surface area contributed by atoms with Crippen molar-refractivity contribution >= 4 is 11.7 Å². The van der Waals surface area contributed by atoms with Crippen LogP contribution in [0.3, 0.4) is 0 Å². The molecule has 170 valence electrons.